The number of fused-ring (bicyclic) bond motifs is 1. The summed E-state index contributed by atoms with van der Waals surface area (Å²) in [5, 5.41) is 1.54. The van der Waals surface area contributed by atoms with Crippen molar-refractivity contribution in [2.45, 2.75) is 16.6 Å². The molecule has 130 valence electrons. The predicted octanol–water partition coefficient (Wildman–Crippen LogP) is 4.56. The molecule has 2 aromatic heterocycles. The molecule has 0 saturated carbocycles. The van der Waals surface area contributed by atoms with Gasteiger partial charge in [0.1, 0.15) is 5.76 Å². The maximum atomic E-state index is 12.6. The Morgan fingerprint density at radius 1 is 1.28 bits per heavy atom. The van der Waals surface area contributed by atoms with Crippen LogP contribution < -0.4 is 0 Å². The fraction of sp³-hybridized carbons (Fsp3) is 0.316. The third-order valence-electron chi connectivity index (χ3n) is 4.46. The number of H-pyrrole nitrogens is 1. The van der Waals surface area contributed by atoms with Crippen molar-refractivity contribution in [3.05, 3.63) is 54.6 Å². The van der Waals surface area contributed by atoms with Crippen molar-refractivity contribution < 1.29 is 9.21 Å². The van der Waals surface area contributed by atoms with Gasteiger partial charge in [-0.2, -0.15) is 0 Å². The molecule has 1 amide bonds. The molecule has 1 fully saturated rings. The molecule has 4 nitrogen and oxygen atoms in total. The predicted molar refractivity (Wildman–Crippen MR) is 104 cm³/mol. The van der Waals surface area contributed by atoms with E-state index in [1.165, 1.54) is 5.39 Å². The first-order chi connectivity index (χ1) is 12.3. The van der Waals surface area contributed by atoms with Crippen LogP contribution in [0.1, 0.15) is 17.4 Å². The molecule has 4 rings (SSSR count). The molecule has 0 aliphatic carbocycles. The van der Waals surface area contributed by atoms with E-state index in [1.807, 2.05) is 47.1 Å². The first-order valence-corrected chi connectivity index (χ1v) is 10.5. The maximum absolute atomic E-state index is 12.6. The summed E-state index contributed by atoms with van der Waals surface area (Å²) in [5.74, 6) is 2.68. The van der Waals surface area contributed by atoms with Crippen molar-refractivity contribution >= 4 is 40.3 Å². The van der Waals surface area contributed by atoms with E-state index >= 15 is 0 Å². The molecule has 25 heavy (non-hydrogen) atoms. The molecule has 1 saturated heterocycles. The normalized spacial score (nSPS) is 18.4. The van der Waals surface area contributed by atoms with Crippen LogP contribution in [0.4, 0.5) is 0 Å². The zero-order valence-electron chi connectivity index (χ0n) is 13.8. The summed E-state index contributed by atoms with van der Waals surface area (Å²) in [6, 6.07) is 12.2. The Labute approximate surface area is 155 Å². The zero-order chi connectivity index (χ0) is 17.1. The quantitative estimate of drug-likeness (QED) is 0.682. The highest BCUT2D eigenvalue weighted by molar-refractivity contribution is 8.00. The number of carbonyl (C=O) groups is 1. The monoisotopic (exact) mass is 372 g/mol. The molecule has 1 aliphatic rings. The van der Waals surface area contributed by atoms with E-state index in [9.17, 15) is 4.79 Å². The summed E-state index contributed by atoms with van der Waals surface area (Å²) in [4.78, 5) is 19.0. The number of hydrogen-bond acceptors (Lipinski definition) is 4. The Balaban J connectivity index is 1.35. The van der Waals surface area contributed by atoms with E-state index < -0.39 is 0 Å². The molecule has 3 heterocycles. The van der Waals surface area contributed by atoms with Gasteiger partial charge in [-0.1, -0.05) is 18.2 Å². The van der Waals surface area contributed by atoms with Crippen molar-refractivity contribution in [2.75, 3.05) is 24.6 Å². The molecular formula is C19H20N2O2S2. The summed E-state index contributed by atoms with van der Waals surface area (Å²) >= 11 is 3.50. The molecule has 1 N–H and O–H groups in total. The first-order valence-electron chi connectivity index (χ1n) is 8.43. The Bertz CT molecular complexity index is 844. The number of para-hydroxylation sites is 1. The van der Waals surface area contributed by atoms with Crippen LogP contribution in [0.2, 0.25) is 0 Å². The molecule has 6 heteroatoms. The van der Waals surface area contributed by atoms with Gasteiger partial charge < -0.3 is 14.3 Å². The van der Waals surface area contributed by atoms with E-state index in [1.54, 1.807) is 18.0 Å². The SMILES string of the molecule is O=C(CSc1c[nH]c2ccccc12)N1CCSC(c2ccco2)CC1. The second-order valence-corrected chi connectivity index (χ2v) is 8.36. The number of hydrogen-bond donors (Lipinski definition) is 1. The molecule has 0 spiro atoms. The lowest BCUT2D eigenvalue weighted by Gasteiger charge is -2.19. The lowest BCUT2D eigenvalue weighted by molar-refractivity contribution is -0.128. The van der Waals surface area contributed by atoms with Gasteiger partial charge in [0, 0.05) is 40.8 Å². The van der Waals surface area contributed by atoms with E-state index in [-0.39, 0.29) is 5.91 Å². The number of aromatic amines is 1. The molecular weight excluding hydrogens is 352 g/mol. The van der Waals surface area contributed by atoms with Crippen LogP contribution in [0.15, 0.2) is 58.2 Å². The Kier molecular flexibility index (Phi) is 5.08. The van der Waals surface area contributed by atoms with Gasteiger partial charge in [-0.25, -0.2) is 0 Å². The molecule has 1 aromatic carbocycles. The van der Waals surface area contributed by atoms with Crippen LogP contribution >= 0.6 is 23.5 Å². The third kappa shape index (κ3) is 3.75. The van der Waals surface area contributed by atoms with Gasteiger partial charge in [0.15, 0.2) is 0 Å². The van der Waals surface area contributed by atoms with Crippen molar-refractivity contribution in [2.24, 2.45) is 0 Å². The lowest BCUT2D eigenvalue weighted by Crippen LogP contribution is -2.34. The minimum atomic E-state index is 0.218. The lowest BCUT2D eigenvalue weighted by atomic mass is 10.2. The van der Waals surface area contributed by atoms with Crippen LogP contribution in [0.5, 0.6) is 0 Å². The fourth-order valence-electron chi connectivity index (χ4n) is 3.12. The number of benzene rings is 1. The topological polar surface area (TPSA) is 49.2 Å². The van der Waals surface area contributed by atoms with E-state index in [4.69, 9.17) is 4.42 Å². The number of amides is 1. The van der Waals surface area contributed by atoms with Gasteiger partial charge in [0.05, 0.1) is 17.3 Å². The van der Waals surface area contributed by atoms with Crippen LogP contribution in [-0.2, 0) is 4.79 Å². The van der Waals surface area contributed by atoms with Gasteiger partial charge in [-0.3, -0.25) is 4.79 Å². The van der Waals surface area contributed by atoms with Crippen molar-refractivity contribution in [1.29, 1.82) is 0 Å². The number of nitrogens with one attached hydrogen (secondary N) is 1. The number of carbonyl (C=O) groups excluding carboxylic acids is 1. The minimum absolute atomic E-state index is 0.218. The number of aromatic nitrogens is 1. The number of nitrogens with zero attached hydrogens (tertiary/aromatic N) is 1. The Hall–Kier alpha value is -1.79. The maximum Gasteiger partial charge on any atom is 0.232 e. The largest absolute Gasteiger partial charge is 0.468 e. The number of rotatable bonds is 4. The van der Waals surface area contributed by atoms with E-state index in [0.29, 0.717) is 11.0 Å². The Morgan fingerprint density at radius 2 is 2.20 bits per heavy atom. The van der Waals surface area contributed by atoms with E-state index in [2.05, 4.69) is 17.1 Å². The van der Waals surface area contributed by atoms with Crippen LogP contribution in [0, 0.1) is 0 Å². The summed E-state index contributed by atoms with van der Waals surface area (Å²) in [5.41, 5.74) is 1.12. The summed E-state index contributed by atoms with van der Waals surface area (Å²) in [6.45, 7) is 1.61. The van der Waals surface area contributed by atoms with Crippen LogP contribution in [-0.4, -0.2) is 40.4 Å². The molecule has 1 unspecified atom stereocenters. The molecule has 1 aliphatic heterocycles. The van der Waals surface area contributed by atoms with Gasteiger partial charge >= 0.3 is 0 Å². The van der Waals surface area contributed by atoms with Crippen molar-refractivity contribution in [3.63, 3.8) is 0 Å². The summed E-state index contributed by atoms with van der Waals surface area (Å²) in [7, 11) is 0. The highest BCUT2D eigenvalue weighted by Crippen LogP contribution is 2.35. The minimum Gasteiger partial charge on any atom is -0.468 e. The molecule has 0 radical (unpaired) electrons. The highest BCUT2D eigenvalue weighted by atomic mass is 32.2. The van der Waals surface area contributed by atoms with Crippen molar-refractivity contribution in [3.8, 4) is 0 Å². The standard InChI is InChI=1S/C19H20N2O2S2/c22-19(13-25-18-12-20-15-5-2-1-4-14(15)18)21-8-7-17(24-11-9-21)16-6-3-10-23-16/h1-6,10,12,17,20H,7-9,11,13H2. The second-order valence-electron chi connectivity index (χ2n) is 6.03. The highest BCUT2D eigenvalue weighted by Gasteiger charge is 2.23. The van der Waals surface area contributed by atoms with Gasteiger partial charge in [0.2, 0.25) is 5.91 Å². The number of furan rings is 1. The third-order valence-corrected chi connectivity index (χ3v) is 6.79. The molecule has 3 aromatic rings. The molecule has 0 bridgehead atoms. The van der Waals surface area contributed by atoms with Gasteiger partial charge in [-0.05, 0) is 24.6 Å². The summed E-state index contributed by atoms with van der Waals surface area (Å²) in [6.07, 6.45) is 4.66. The summed E-state index contributed by atoms with van der Waals surface area (Å²) < 4.78 is 5.53. The van der Waals surface area contributed by atoms with Gasteiger partial charge in [-0.15, -0.1) is 23.5 Å². The fourth-order valence-corrected chi connectivity index (χ4v) is 5.23. The van der Waals surface area contributed by atoms with E-state index in [0.717, 1.165) is 41.4 Å². The average molecular weight is 373 g/mol. The number of thioether (sulfide) groups is 2. The van der Waals surface area contributed by atoms with Crippen LogP contribution in [0.3, 0.4) is 0 Å². The van der Waals surface area contributed by atoms with Crippen LogP contribution in [0.25, 0.3) is 10.9 Å². The Morgan fingerprint density at radius 3 is 3.08 bits per heavy atom. The van der Waals surface area contributed by atoms with Gasteiger partial charge in [0.25, 0.3) is 0 Å². The average Bonchev–Trinajstić information content (AvgIpc) is 3.25. The zero-order valence-corrected chi connectivity index (χ0v) is 15.4. The smallest absolute Gasteiger partial charge is 0.232 e. The second kappa shape index (κ2) is 7.62. The molecule has 1 atom stereocenters. The first kappa shape index (κ1) is 16.7. The van der Waals surface area contributed by atoms with Crippen molar-refractivity contribution in [1.82, 2.24) is 9.88 Å².